The van der Waals surface area contributed by atoms with E-state index < -0.39 is 10.3 Å². The molecule has 0 fully saturated rings. The van der Waals surface area contributed by atoms with E-state index in [-0.39, 0.29) is 11.0 Å². The van der Waals surface area contributed by atoms with E-state index in [0.717, 1.165) is 11.3 Å². The van der Waals surface area contributed by atoms with E-state index in [1.165, 1.54) is 6.07 Å². The number of hydrogen-bond donors (Lipinski definition) is 0. The summed E-state index contributed by atoms with van der Waals surface area (Å²) in [4.78, 5) is 22.4. The predicted octanol–water partition coefficient (Wildman–Crippen LogP) is 2.50. The van der Waals surface area contributed by atoms with E-state index in [1.807, 2.05) is 0 Å². The van der Waals surface area contributed by atoms with Gasteiger partial charge < -0.3 is 4.74 Å². The van der Waals surface area contributed by atoms with Crippen LogP contribution in [0.4, 0.5) is 5.00 Å². The van der Waals surface area contributed by atoms with Crippen molar-refractivity contribution in [2.45, 2.75) is 26.2 Å². The summed E-state index contributed by atoms with van der Waals surface area (Å²) >= 11 is 1.00. The van der Waals surface area contributed by atoms with Crippen LogP contribution >= 0.6 is 11.3 Å². The number of esters is 1. The van der Waals surface area contributed by atoms with E-state index in [9.17, 15) is 14.9 Å². The van der Waals surface area contributed by atoms with Gasteiger partial charge in [-0.05, 0) is 26.8 Å². The van der Waals surface area contributed by atoms with Crippen molar-refractivity contribution in [2.24, 2.45) is 0 Å². The van der Waals surface area contributed by atoms with Crippen LogP contribution in [0.1, 0.15) is 25.6 Å². The summed E-state index contributed by atoms with van der Waals surface area (Å²) in [6.45, 7) is 5.42. The summed E-state index contributed by atoms with van der Waals surface area (Å²) in [7, 11) is 0. The van der Waals surface area contributed by atoms with Crippen molar-refractivity contribution in [1.82, 2.24) is 0 Å². The summed E-state index contributed by atoms with van der Waals surface area (Å²) in [5.74, 6) is -0.369. The van der Waals surface area contributed by atoms with E-state index in [2.05, 4.69) is 0 Å². The van der Waals surface area contributed by atoms with Gasteiger partial charge in [-0.3, -0.25) is 14.9 Å². The highest BCUT2D eigenvalue weighted by Gasteiger charge is 2.34. The Bertz CT molecular complexity index is 411. The summed E-state index contributed by atoms with van der Waals surface area (Å²) < 4.78 is 4.93. The van der Waals surface area contributed by atoms with Crippen molar-refractivity contribution in [3.63, 3.8) is 0 Å². The fourth-order valence-electron chi connectivity index (χ4n) is 1.17. The molecule has 0 bridgehead atoms. The molecular weight excluding hydrogens is 230 g/mol. The van der Waals surface area contributed by atoms with Gasteiger partial charge in [-0.2, -0.15) is 0 Å². The van der Waals surface area contributed by atoms with Crippen LogP contribution in [0, 0.1) is 10.1 Å². The van der Waals surface area contributed by atoms with Gasteiger partial charge in [0.15, 0.2) is 0 Å². The number of nitrogens with zero attached hydrogens (tertiary/aromatic N) is 1. The molecule has 0 aliphatic heterocycles. The standard InChI is InChI=1S/C10H13NO4S/c1-4-15-9(12)10(2,3)7-5-6-8(16-7)11(13)14/h5-6H,4H2,1-3H3. The van der Waals surface area contributed by atoms with Crippen molar-refractivity contribution in [3.8, 4) is 0 Å². The first-order valence-electron chi connectivity index (χ1n) is 4.81. The normalized spacial score (nSPS) is 11.2. The lowest BCUT2D eigenvalue weighted by Crippen LogP contribution is -2.30. The molecule has 0 spiro atoms. The summed E-state index contributed by atoms with van der Waals surface area (Å²) in [5.41, 5.74) is -0.838. The van der Waals surface area contributed by atoms with Gasteiger partial charge in [-0.1, -0.05) is 11.3 Å². The monoisotopic (exact) mass is 243 g/mol. The van der Waals surface area contributed by atoms with Crippen LogP contribution in [0.5, 0.6) is 0 Å². The Balaban J connectivity index is 2.97. The summed E-state index contributed by atoms with van der Waals surface area (Å²) in [6, 6.07) is 3.00. The molecule has 1 aromatic heterocycles. The number of nitro groups is 1. The molecule has 0 saturated carbocycles. The van der Waals surface area contributed by atoms with E-state index >= 15 is 0 Å². The maximum atomic E-state index is 11.7. The Labute approximate surface area is 97.2 Å². The average Bonchev–Trinajstić information content (AvgIpc) is 2.67. The largest absolute Gasteiger partial charge is 0.465 e. The lowest BCUT2D eigenvalue weighted by atomic mass is 9.92. The van der Waals surface area contributed by atoms with Gasteiger partial charge in [0.2, 0.25) is 0 Å². The molecule has 0 N–H and O–H groups in total. The van der Waals surface area contributed by atoms with Crippen molar-refractivity contribution >= 4 is 22.3 Å². The predicted molar refractivity (Wildman–Crippen MR) is 60.6 cm³/mol. The molecular formula is C10H13NO4S. The molecule has 88 valence electrons. The molecule has 1 aromatic rings. The highest BCUT2D eigenvalue weighted by atomic mass is 32.1. The van der Waals surface area contributed by atoms with Gasteiger partial charge in [0.1, 0.15) is 0 Å². The molecule has 0 radical (unpaired) electrons. The second-order valence-electron chi connectivity index (χ2n) is 3.74. The van der Waals surface area contributed by atoms with Gasteiger partial charge in [0.25, 0.3) is 0 Å². The van der Waals surface area contributed by atoms with E-state index in [0.29, 0.717) is 11.5 Å². The highest BCUT2D eigenvalue weighted by molar-refractivity contribution is 7.15. The lowest BCUT2D eigenvalue weighted by Gasteiger charge is -2.20. The smallest absolute Gasteiger partial charge is 0.324 e. The Morgan fingerprint density at radius 3 is 2.62 bits per heavy atom. The molecule has 0 amide bonds. The van der Waals surface area contributed by atoms with Crippen molar-refractivity contribution in [1.29, 1.82) is 0 Å². The zero-order valence-electron chi connectivity index (χ0n) is 9.35. The maximum absolute atomic E-state index is 11.7. The third-order valence-corrected chi connectivity index (χ3v) is 3.53. The molecule has 5 nitrogen and oxygen atoms in total. The Kier molecular flexibility index (Phi) is 3.64. The Morgan fingerprint density at radius 1 is 1.56 bits per heavy atom. The first-order chi connectivity index (χ1) is 7.39. The van der Waals surface area contributed by atoms with Crippen molar-refractivity contribution < 1.29 is 14.5 Å². The van der Waals surface area contributed by atoms with Crippen LogP contribution in [0.25, 0.3) is 0 Å². The molecule has 0 atom stereocenters. The van der Waals surface area contributed by atoms with Gasteiger partial charge in [-0.25, -0.2) is 0 Å². The molecule has 6 heteroatoms. The molecule has 1 rings (SSSR count). The fraction of sp³-hybridized carbons (Fsp3) is 0.500. The van der Waals surface area contributed by atoms with E-state index in [1.54, 1.807) is 26.8 Å². The van der Waals surface area contributed by atoms with Gasteiger partial charge in [-0.15, -0.1) is 0 Å². The van der Waals surface area contributed by atoms with Crippen LogP contribution in [-0.4, -0.2) is 17.5 Å². The molecule has 1 heterocycles. The van der Waals surface area contributed by atoms with E-state index in [4.69, 9.17) is 4.74 Å². The number of carbonyl (C=O) groups is 1. The van der Waals surface area contributed by atoms with Crippen LogP contribution in [0.3, 0.4) is 0 Å². The molecule has 0 aromatic carbocycles. The topological polar surface area (TPSA) is 69.4 Å². The molecule has 0 aliphatic carbocycles. The number of ether oxygens (including phenoxy) is 1. The Hall–Kier alpha value is -1.43. The highest BCUT2D eigenvalue weighted by Crippen LogP contribution is 2.34. The minimum absolute atomic E-state index is 0.0346. The summed E-state index contributed by atoms with van der Waals surface area (Å²) in [5, 5.41) is 10.6. The second kappa shape index (κ2) is 4.61. The number of hydrogen-bond acceptors (Lipinski definition) is 5. The third kappa shape index (κ3) is 2.38. The number of thiophene rings is 1. The quantitative estimate of drug-likeness (QED) is 0.463. The zero-order valence-corrected chi connectivity index (χ0v) is 10.2. The van der Waals surface area contributed by atoms with Gasteiger partial charge >= 0.3 is 11.0 Å². The summed E-state index contributed by atoms with van der Waals surface area (Å²) in [6.07, 6.45) is 0. The van der Waals surface area contributed by atoms with Crippen LogP contribution < -0.4 is 0 Å². The Morgan fingerprint density at radius 2 is 2.19 bits per heavy atom. The minimum Gasteiger partial charge on any atom is -0.465 e. The fourth-order valence-corrected chi connectivity index (χ4v) is 2.08. The first-order valence-corrected chi connectivity index (χ1v) is 5.63. The van der Waals surface area contributed by atoms with Crippen molar-refractivity contribution in [2.75, 3.05) is 6.61 Å². The van der Waals surface area contributed by atoms with Crippen molar-refractivity contribution in [3.05, 3.63) is 27.1 Å². The SMILES string of the molecule is CCOC(=O)C(C)(C)c1ccc([N+](=O)[O-])s1. The minimum atomic E-state index is -0.838. The number of carbonyl (C=O) groups excluding carboxylic acids is 1. The van der Waals surface area contributed by atoms with Gasteiger partial charge in [0, 0.05) is 10.9 Å². The van der Waals surface area contributed by atoms with Crippen LogP contribution in [-0.2, 0) is 14.9 Å². The second-order valence-corrected chi connectivity index (χ2v) is 4.80. The molecule has 0 saturated heterocycles. The van der Waals surface area contributed by atoms with Crippen LogP contribution in [0.2, 0.25) is 0 Å². The molecule has 0 aliphatic rings. The third-order valence-electron chi connectivity index (χ3n) is 2.17. The van der Waals surface area contributed by atoms with Gasteiger partial charge in [0.05, 0.1) is 16.9 Å². The molecule has 16 heavy (non-hydrogen) atoms. The zero-order chi connectivity index (χ0) is 12.3. The first kappa shape index (κ1) is 12.6. The van der Waals surface area contributed by atoms with Crippen LogP contribution in [0.15, 0.2) is 12.1 Å². The lowest BCUT2D eigenvalue weighted by molar-refractivity contribution is -0.380. The maximum Gasteiger partial charge on any atom is 0.324 e. The number of rotatable bonds is 4. The molecule has 0 unspecified atom stereocenters. The average molecular weight is 243 g/mol.